The zero-order valence-corrected chi connectivity index (χ0v) is 13.2. The van der Waals surface area contributed by atoms with Crippen LogP contribution in [-0.4, -0.2) is 18.2 Å². The van der Waals surface area contributed by atoms with Crippen molar-refractivity contribution in [2.24, 2.45) is 0 Å². The van der Waals surface area contributed by atoms with Gasteiger partial charge in [0, 0.05) is 5.40 Å². The summed E-state index contributed by atoms with van der Waals surface area (Å²) in [4.78, 5) is 0. The van der Waals surface area contributed by atoms with E-state index in [1.165, 1.54) is 19.0 Å². The van der Waals surface area contributed by atoms with E-state index in [1.807, 2.05) is 0 Å². The van der Waals surface area contributed by atoms with Crippen molar-refractivity contribution in [1.82, 2.24) is 0 Å². The summed E-state index contributed by atoms with van der Waals surface area (Å²) in [5.41, 5.74) is 0. The first-order chi connectivity index (χ1) is 9.36. The number of hydrogen-bond acceptors (Lipinski definition) is 0. The van der Waals surface area contributed by atoms with Crippen molar-refractivity contribution in [3.05, 3.63) is 60.7 Å². The molecule has 0 unspecified atom stereocenters. The van der Waals surface area contributed by atoms with Crippen molar-refractivity contribution in [3.8, 4) is 0 Å². The van der Waals surface area contributed by atoms with Crippen LogP contribution in [0.2, 0.25) is 0 Å². The minimum absolute atomic E-state index is 0.163. The molecule has 2 heteroatoms. The molecule has 2 aromatic rings. The fourth-order valence-corrected chi connectivity index (χ4v) is 9.63. The first-order valence-corrected chi connectivity index (χ1v) is 10.4. The maximum atomic E-state index is 2.51. The number of benzene rings is 2. The molecule has 0 aromatic heterocycles. The zero-order valence-electron chi connectivity index (χ0n) is 11.4. The Morgan fingerprint density at radius 1 is 0.895 bits per heavy atom. The lowest BCUT2D eigenvalue weighted by atomic mass is 10.4. The van der Waals surface area contributed by atoms with E-state index >= 15 is 0 Å². The Labute approximate surface area is 118 Å². The lowest BCUT2D eigenvalue weighted by Crippen LogP contribution is -2.18. The highest BCUT2D eigenvalue weighted by molar-refractivity contribution is 7.84. The molecule has 1 fully saturated rings. The van der Waals surface area contributed by atoms with Gasteiger partial charge in [-0.25, -0.2) is 0 Å². The molecule has 1 aliphatic heterocycles. The van der Waals surface area contributed by atoms with Gasteiger partial charge >= 0.3 is 0 Å². The van der Waals surface area contributed by atoms with Gasteiger partial charge in [0.05, 0.1) is 0 Å². The van der Waals surface area contributed by atoms with E-state index in [4.69, 9.17) is 0 Å². The molecule has 2 aromatic carbocycles. The van der Waals surface area contributed by atoms with Crippen LogP contribution in [0.3, 0.4) is 0 Å². The molecule has 1 saturated heterocycles. The summed E-state index contributed by atoms with van der Waals surface area (Å²) >= 11 is 0. The van der Waals surface area contributed by atoms with Gasteiger partial charge in [0.2, 0.25) is 0 Å². The number of hydrogen-bond donors (Lipinski definition) is 0. The second kappa shape index (κ2) is 6.17. The Bertz CT molecular complexity index is 470. The van der Waals surface area contributed by atoms with Crippen molar-refractivity contribution in [1.29, 1.82) is 0 Å². The Hall–Kier alpha value is -0.700. The van der Waals surface area contributed by atoms with Crippen LogP contribution >= 0.6 is 15.8 Å². The van der Waals surface area contributed by atoms with Gasteiger partial charge in [0.15, 0.2) is 0 Å². The van der Waals surface area contributed by atoms with Gasteiger partial charge in [0.1, 0.15) is 0 Å². The summed E-state index contributed by atoms with van der Waals surface area (Å²) in [6.45, 7) is 2.51. The standard InChI is InChI=1S/C17H20P2/c1-18-14-8-13-17(18)19(15-9-4-2-5-10-15)16-11-6-3-7-12-16/h2-7,9-12,17H,8,13-14H2,1H3/t17-,18-/m0/s1. The van der Waals surface area contributed by atoms with E-state index in [-0.39, 0.29) is 15.8 Å². The predicted molar refractivity (Wildman–Crippen MR) is 89.8 cm³/mol. The first-order valence-electron chi connectivity index (χ1n) is 6.96. The monoisotopic (exact) mass is 286 g/mol. The molecule has 0 saturated carbocycles. The predicted octanol–water partition coefficient (Wildman–Crippen LogP) is 4.35. The van der Waals surface area contributed by atoms with Crippen LogP contribution in [0.4, 0.5) is 0 Å². The SMILES string of the molecule is C[P@@]1CCC[C@@H]1P(c1ccccc1)c1ccccc1. The van der Waals surface area contributed by atoms with E-state index in [0.29, 0.717) is 0 Å². The van der Waals surface area contributed by atoms with Crippen LogP contribution in [0.15, 0.2) is 60.7 Å². The highest BCUT2D eigenvalue weighted by Crippen LogP contribution is 2.61. The third kappa shape index (κ3) is 2.91. The Morgan fingerprint density at radius 2 is 1.42 bits per heavy atom. The molecule has 0 nitrogen and oxygen atoms in total. The van der Waals surface area contributed by atoms with E-state index in [1.54, 1.807) is 10.6 Å². The molecule has 98 valence electrons. The van der Waals surface area contributed by atoms with Gasteiger partial charge in [-0.2, -0.15) is 0 Å². The maximum absolute atomic E-state index is 2.51. The van der Waals surface area contributed by atoms with E-state index in [0.717, 1.165) is 5.40 Å². The maximum Gasteiger partial charge on any atom is 0.00720 e. The minimum atomic E-state index is -0.163. The molecule has 0 amide bonds. The van der Waals surface area contributed by atoms with Crippen LogP contribution in [0.5, 0.6) is 0 Å². The molecule has 19 heavy (non-hydrogen) atoms. The van der Waals surface area contributed by atoms with Crippen molar-refractivity contribution in [2.45, 2.75) is 18.2 Å². The lowest BCUT2D eigenvalue weighted by molar-refractivity contribution is 0.920. The van der Waals surface area contributed by atoms with Gasteiger partial charge in [-0.3, -0.25) is 0 Å². The molecular formula is C17H20P2. The lowest BCUT2D eigenvalue weighted by Gasteiger charge is -2.28. The summed E-state index contributed by atoms with van der Waals surface area (Å²) < 4.78 is 0. The molecule has 0 N–H and O–H groups in total. The highest BCUT2D eigenvalue weighted by Gasteiger charge is 2.32. The second-order valence-electron chi connectivity index (χ2n) is 5.14. The minimum Gasteiger partial charge on any atom is -0.102 e. The largest absolute Gasteiger partial charge is 0.102 e. The fourth-order valence-electron chi connectivity index (χ4n) is 2.89. The normalized spacial score (nSPS) is 22.8. The van der Waals surface area contributed by atoms with Crippen molar-refractivity contribution < 1.29 is 0 Å². The van der Waals surface area contributed by atoms with Crippen LogP contribution in [-0.2, 0) is 0 Å². The van der Waals surface area contributed by atoms with Crippen molar-refractivity contribution >= 4 is 26.5 Å². The fraction of sp³-hybridized carbons (Fsp3) is 0.294. The first kappa shape index (κ1) is 13.3. The van der Waals surface area contributed by atoms with Gasteiger partial charge in [-0.05, 0) is 44.2 Å². The summed E-state index contributed by atoms with van der Waals surface area (Å²) in [6, 6.07) is 22.4. The summed E-state index contributed by atoms with van der Waals surface area (Å²) in [5, 5.41) is 4.05. The average Bonchev–Trinajstić information content (AvgIpc) is 2.88. The van der Waals surface area contributed by atoms with Gasteiger partial charge in [-0.1, -0.05) is 60.7 Å². The third-order valence-electron chi connectivity index (χ3n) is 3.85. The molecule has 2 atom stereocenters. The summed E-state index contributed by atoms with van der Waals surface area (Å²) in [5.74, 6) is 0. The molecule has 1 heterocycles. The molecule has 0 radical (unpaired) electrons. The van der Waals surface area contributed by atoms with E-state index < -0.39 is 0 Å². The molecule has 3 rings (SSSR count). The molecule has 0 aliphatic carbocycles. The van der Waals surface area contributed by atoms with E-state index in [2.05, 4.69) is 67.3 Å². The quantitative estimate of drug-likeness (QED) is 0.736. The Balaban J connectivity index is 2.01. The summed E-state index contributed by atoms with van der Waals surface area (Å²) in [6.07, 6.45) is 4.33. The average molecular weight is 286 g/mol. The smallest absolute Gasteiger partial charge is 0.00720 e. The van der Waals surface area contributed by atoms with Crippen LogP contribution in [0.1, 0.15) is 12.8 Å². The molecular weight excluding hydrogens is 266 g/mol. The van der Waals surface area contributed by atoms with Crippen molar-refractivity contribution in [2.75, 3.05) is 12.8 Å². The van der Waals surface area contributed by atoms with Gasteiger partial charge in [0.25, 0.3) is 0 Å². The second-order valence-corrected chi connectivity index (χ2v) is 10.5. The third-order valence-corrected chi connectivity index (χ3v) is 10.6. The Morgan fingerprint density at radius 3 is 1.84 bits per heavy atom. The van der Waals surface area contributed by atoms with Gasteiger partial charge in [-0.15, -0.1) is 7.92 Å². The van der Waals surface area contributed by atoms with Crippen LogP contribution in [0.25, 0.3) is 0 Å². The number of rotatable bonds is 3. The summed E-state index contributed by atoms with van der Waals surface area (Å²) in [7, 11) is 0.0512. The molecule has 0 spiro atoms. The van der Waals surface area contributed by atoms with Gasteiger partial charge < -0.3 is 0 Å². The van der Waals surface area contributed by atoms with E-state index in [9.17, 15) is 0 Å². The van der Waals surface area contributed by atoms with Crippen LogP contribution < -0.4 is 10.6 Å². The topological polar surface area (TPSA) is 0 Å². The zero-order chi connectivity index (χ0) is 13.1. The van der Waals surface area contributed by atoms with Crippen molar-refractivity contribution in [3.63, 3.8) is 0 Å². The molecule has 1 aliphatic rings. The highest BCUT2D eigenvalue weighted by atomic mass is 31.2. The Kier molecular flexibility index (Phi) is 4.31. The molecule has 0 bridgehead atoms. The van der Waals surface area contributed by atoms with Crippen LogP contribution in [0, 0.1) is 0 Å².